The molecular weight excluding hydrogens is 306 g/mol. The van der Waals surface area contributed by atoms with Crippen LogP contribution >= 0.6 is 11.6 Å². The third kappa shape index (κ3) is 3.77. The van der Waals surface area contributed by atoms with Crippen LogP contribution in [0.1, 0.15) is 31.7 Å². The Morgan fingerprint density at radius 2 is 1.71 bits per heavy atom. The Hall–Kier alpha value is -1.52. The van der Waals surface area contributed by atoms with Gasteiger partial charge in [-0.3, -0.25) is 4.72 Å². The van der Waals surface area contributed by atoms with Crippen molar-refractivity contribution in [2.24, 2.45) is 0 Å². The molecule has 21 heavy (non-hydrogen) atoms. The van der Waals surface area contributed by atoms with E-state index >= 15 is 0 Å². The highest BCUT2D eigenvalue weighted by Crippen LogP contribution is 2.25. The summed E-state index contributed by atoms with van der Waals surface area (Å²) in [7, 11) is -3.62. The summed E-state index contributed by atoms with van der Waals surface area (Å²) >= 11 is 5.98. The lowest BCUT2D eigenvalue weighted by Crippen LogP contribution is -2.13. The van der Waals surface area contributed by atoms with E-state index in [1.807, 2.05) is 12.1 Å². The zero-order valence-corrected chi connectivity index (χ0v) is 13.6. The lowest BCUT2D eigenvalue weighted by atomic mass is 9.99. The molecule has 0 aromatic heterocycles. The number of hydrogen-bond acceptors (Lipinski definition) is 2. The largest absolute Gasteiger partial charge is 0.278 e. The van der Waals surface area contributed by atoms with E-state index in [9.17, 15) is 8.42 Å². The molecule has 0 unspecified atom stereocenters. The first kappa shape index (κ1) is 15.9. The van der Waals surface area contributed by atoms with Crippen LogP contribution in [0, 0.1) is 0 Å². The van der Waals surface area contributed by atoms with Gasteiger partial charge < -0.3 is 0 Å². The Balaban J connectivity index is 2.26. The van der Waals surface area contributed by atoms with Crippen molar-refractivity contribution in [2.75, 3.05) is 4.72 Å². The smallest absolute Gasteiger partial charge is 0.261 e. The van der Waals surface area contributed by atoms with Crippen LogP contribution in [0.3, 0.4) is 0 Å². The highest BCUT2D eigenvalue weighted by molar-refractivity contribution is 7.92. The van der Waals surface area contributed by atoms with Crippen molar-refractivity contribution in [3.8, 4) is 0 Å². The molecule has 0 aliphatic rings. The molecular formula is C16H18ClNO2S. The first-order chi connectivity index (χ1) is 9.94. The molecule has 5 heteroatoms. The maximum atomic E-state index is 12.3. The van der Waals surface area contributed by atoms with Gasteiger partial charge in [0.25, 0.3) is 10.0 Å². The zero-order chi connectivity index (χ0) is 15.5. The summed E-state index contributed by atoms with van der Waals surface area (Å²) in [4.78, 5) is 0.231. The molecule has 0 aliphatic heterocycles. The minimum atomic E-state index is -3.62. The van der Waals surface area contributed by atoms with Gasteiger partial charge in [0.2, 0.25) is 0 Å². The molecule has 0 saturated heterocycles. The van der Waals surface area contributed by atoms with Gasteiger partial charge in [-0.05, 0) is 42.2 Å². The third-order valence-electron chi connectivity index (χ3n) is 3.49. The number of anilines is 1. The second-order valence-corrected chi connectivity index (χ2v) is 7.05. The number of benzene rings is 2. The molecule has 2 aromatic carbocycles. The average molecular weight is 324 g/mol. The standard InChI is InChI=1S/C16H18ClNO2S/c1-3-12(2)13-8-10-14(11-9-13)21(19,20)18-16-7-5-4-6-15(16)17/h4-12,18H,3H2,1-2H3/t12-/m0/s1. The van der Waals surface area contributed by atoms with Crippen LogP contribution in [0.2, 0.25) is 5.02 Å². The van der Waals surface area contributed by atoms with Crippen molar-refractivity contribution in [3.05, 3.63) is 59.1 Å². The Kier molecular flexibility index (Phi) is 4.91. The van der Waals surface area contributed by atoms with E-state index in [1.165, 1.54) is 0 Å². The molecule has 0 spiro atoms. The quantitative estimate of drug-likeness (QED) is 0.870. The molecule has 2 rings (SSSR count). The van der Waals surface area contributed by atoms with E-state index in [2.05, 4.69) is 18.6 Å². The summed E-state index contributed by atoms with van der Waals surface area (Å²) in [6, 6.07) is 13.7. The van der Waals surface area contributed by atoms with Gasteiger partial charge in [0.1, 0.15) is 0 Å². The molecule has 0 saturated carbocycles. The number of halogens is 1. The Morgan fingerprint density at radius 1 is 1.10 bits per heavy atom. The van der Waals surface area contributed by atoms with Crippen molar-refractivity contribution in [2.45, 2.75) is 31.1 Å². The van der Waals surface area contributed by atoms with Gasteiger partial charge >= 0.3 is 0 Å². The Bertz CT molecular complexity index is 711. The van der Waals surface area contributed by atoms with E-state index in [0.29, 0.717) is 16.6 Å². The van der Waals surface area contributed by atoms with Crippen LogP contribution < -0.4 is 4.72 Å². The van der Waals surface area contributed by atoms with Gasteiger partial charge in [-0.25, -0.2) is 8.42 Å². The van der Waals surface area contributed by atoms with Crippen LogP contribution in [-0.2, 0) is 10.0 Å². The highest BCUT2D eigenvalue weighted by Gasteiger charge is 2.16. The Morgan fingerprint density at radius 3 is 2.29 bits per heavy atom. The topological polar surface area (TPSA) is 46.2 Å². The third-order valence-corrected chi connectivity index (χ3v) is 5.20. The predicted octanol–water partition coefficient (Wildman–Crippen LogP) is 4.65. The lowest BCUT2D eigenvalue weighted by Gasteiger charge is -2.12. The summed E-state index contributed by atoms with van der Waals surface area (Å²) in [5.74, 6) is 0.415. The van der Waals surface area contributed by atoms with E-state index in [1.54, 1.807) is 36.4 Å². The van der Waals surface area contributed by atoms with Gasteiger partial charge in [-0.15, -0.1) is 0 Å². The minimum absolute atomic E-state index is 0.231. The van der Waals surface area contributed by atoms with Gasteiger partial charge in [-0.1, -0.05) is 49.7 Å². The maximum Gasteiger partial charge on any atom is 0.261 e. The lowest BCUT2D eigenvalue weighted by molar-refractivity contribution is 0.601. The van der Waals surface area contributed by atoms with E-state index in [-0.39, 0.29) is 4.90 Å². The monoisotopic (exact) mass is 323 g/mol. The minimum Gasteiger partial charge on any atom is -0.278 e. The molecule has 2 aromatic rings. The van der Waals surface area contributed by atoms with E-state index in [0.717, 1.165) is 12.0 Å². The highest BCUT2D eigenvalue weighted by atomic mass is 35.5. The van der Waals surface area contributed by atoms with Crippen molar-refractivity contribution in [1.29, 1.82) is 0 Å². The van der Waals surface area contributed by atoms with Crippen molar-refractivity contribution >= 4 is 27.3 Å². The van der Waals surface area contributed by atoms with Gasteiger partial charge in [0.05, 0.1) is 15.6 Å². The summed E-state index contributed by atoms with van der Waals surface area (Å²) in [5, 5.41) is 0.373. The van der Waals surface area contributed by atoms with E-state index in [4.69, 9.17) is 11.6 Å². The second-order valence-electron chi connectivity index (χ2n) is 4.96. The Labute approximate surface area is 131 Å². The first-order valence-corrected chi connectivity index (χ1v) is 8.67. The number of hydrogen-bond donors (Lipinski definition) is 1. The molecule has 0 heterocycles. The normalized spacial score (nSPS) is 12.9. The van der Waals surface area contributed by atoms with Crippen molar-refractivity contribution in [3.63, 3.8) is 0 Å². The molecule has 0 fully saturated rings. The fourth-order valence-electron chi connectivity index (χ4n) is 1.96. The molecule has 0 amide bonds. The van der Waals surface area contributed by atoms with E-state index < -0.39 is 10.0 Å². The molecule has 1 atom stereocenters. The molecule has 0 aliphatic carbocycles. The molecule has 0 bridgehead atoms. The number of sulfonamides is 1. The fourth-order valence-corrected chi connectivity index (χ4v) is 3.28. The predicted molar refractivity (Wildman–Crippen MR) is 87.4 cm³/mol. The van der Waals surface area contributed by atoms with Crippen LogP contribution in [0.4, 0.5) is 5.69 Å². The van der Waals surface area contributed by atoms with Crippen molar-refractivity contribution in [1.82, 2.24) is 0 Å². The molecule has 0 radical (unpaired) electrons. The van der Waals surface area contributed by atoms with Crippen LogP contribution in [-0.4, -0.2) is 8.42 Å². The molecule has 1 N–H and O–H groups in total. The average Bonchev–Trinajstić information content (AvgIpc) is 2.49. The SMILES string of the molecule is CC[C@H](C)c1ccc(S(=O)(=O)Nc2ccccc2Cl)cc1. The van der Waals surface area contributed by atoms with Gasteiger partial charge in [0, 0.05) is 0 Å². The number of rotatable bonds is 5. The van der Waals surface area contributed by atoms with Crippen LogP contribution in [0.5, 0.6) is 0 Å². The summed E-state index contributed by atoms with van der Waals surface area (Å²) in [5.41, 5.74) is 1.51. The summed E-state index contributed by atoms with van der Waals surface area (Å²) < 4.78 is 27.2. The van der Waals surface area contributed by atoms with Gasteiger partial charge in [-0.2, -0.15) is 0 Å². The van der Waals surface area contributed by atoms with Crippen LogP contribution in [0.15, 0.2) is 53.4 Å². The molecule has 3 nitrogen and oxygen atoms in total. The molecule has 112 valence electrons. The van der Waals surface area contributed by atoms with Crippen LogP contribution in [0.25, 0.3) is 0 Å². The summed E-state index contributed by atoms with van der Waals surface area (Å²) in [6.07, 6.45) is 1.02. The first-order valence-electron chi connectivity index (χ1n) is 6.81. The number of nitrogens with one attached hydrogen (secondary N) is 1. The maximum absolute atomic E-state index is 12.3. The van der Waals surface area contributed by atoms with Gasteiger partial charge in [0.15, 0.2) is 0 Å². The zero-order valence-electron chi connectivity index (χ0n) is 12.0. The number of para-hydroxylation sites is 1. The van der Waals surface area contributed by atoms with Crippen molar-refractivity contribution < 1.29 is 8.42 Å². The fraction of sp³-hybridized carbons (Fsp3) is 0.250. The summed E-state index contributed by atoms with van der Waals surface area (Å²) in [6.45, 7) is 4.22. The second kappa shape index (κ2) is 6.50.